The Labute approximate surface area is 213 Å². The van der Waals surface area contributed by atoms with Crippen LogP contribution in [0.3, 0.4) is 0 Å². The molecule has 12 nitrogen and oxygen atoms in total. The van der Waals surface area contributed by atoms with Crippen molar-refractivity contribution in [3.8, 4) is 0 Å². The number of esters is 2. The van der Waals surface area contributed by atoms with Crippen LogP contribution < -0.4 is 10.6 Å². The van der Waals surface area contributed by atoms with E-state index in [2.05, 4.69) is 10.6 Å². The number of carbonyl (C=O) groups excluding carboxylic acids is 6. The Bertz CT molecular complexity index is 1090. The molecule has 0 saturated carbocycles. The van der Waals surface area contributed by atoms with Gasteiger partial charge in [-0.25, -0.2) is 5.01 Å². The van der Waals surface area contributed by atoms with E-state index in [9.17, 15) is 28.8 Å². The van der Waals surface area contributed by atoms with Crippen molar-refractivity contribution in [3.63, 3.8) is 0 Å². The number of ether oxygens (including phenoxy) is 2. The summed E-state index contributed by atoms with van der Waals surface area (Å²) in [6.45, 7) is 3.14. The molecule has 4 amide bonds. The first-order chi connectivity index (χ1) is 17.7. The van der Waals surface area contributed by atoms with Crippen molar-refractivity contribution in [2.45, 2.75) is 58.0 Å². The van der Waals surface area contributed by atoms with Crippen LogP contribution in [0, 0.1) is 0 Å². The summed E-state index contributed by atoms with van der Waals surface area (Å²) in [7, 11) is 0. The zero-order chi connectivity index (χ0) is 26.9. The molecule has 2 fully saturated rings. The van der Waals surface area contributed by atoms with E-state index in [0.717, 1.165) is 18.2 Å². The second-order valence-corrected chi connectivity index (χ2v) is 8.51. The first-order valence-corrected chi connectivity index (χ1v) is 12.0. The average molecular weight is 515 g/mol. The number of fused-ring (bicyclic) bond motifs is 1. The molecule has 2 N–H and O–H groups in total. The van der Waals surface area contributed by atoms with Crippen molar-refractivity contribution in [1.29, 1.82) is 0 Å². The average Bonchev–Trinajstić information content (AvgIpc) is 2.99. The van der Waals surface area contributed by atoms with Gasteiger partial charge < -0.3 is 20.1 Å². The van der Waals surface area contributed by atoms with Crippen molar-refractivity contribution in [1.82, 2.24) is 20.7 Å². The van der Waals surface area contributed by atoms with Gasteiger partial charge >= 0.3 is 11.9 Å². The van der Waals surface area contributed by atoms with Gasteiger partial charge in [0.1, 0.15) is 18.3 Å². The lowest BCUT2D eigenvalue weighted by Gasteiger charge is -2.43. The third kappa shape index (κ3) is 7.15. The van der Waals surface area contributed by atoms with Gasteiger partial charge in [0.25, 0.3) is 11.8 Å². The quantitative estimate of drug-likeness (QED) is 0.382. The first-order valence-electron chi connectivity index (χ1n) is 12.0. The predicted molar refractivity (Wildman–Crippen MR) is 128 cm³/mol. The molecule has 0 radical (unpaired) electrons. The van der Waals surface area contributed by atoms with Crippen LogP contribution in [0.15, 0.2) is 42.3 Å². The van der Waals surface area contributed by atoms with E-state index in [4.69, 9.17) is 9.47 Å². The van der Waals surface area contributed by atoms with Crippen LogP contribution in [0.4, 0.5) is 0 Å². The summed E-state index contributed by atoms with van der Waals surface area (Å²) in [6, 6.07) is 6.23. The van der Waals surface area contributed by atoms with Crippen LogP contribution in [-0.4, -0.2) is 70.8 Å². The van der Waals surface area contributed by atoms with Gasteiger partial charge in [-0.1, -0.05) is 18.2 Å². The van der Waals surface area contributed by atoms with Gasteiger partial charge in [0, 0.05) is 25.5 Å². The number of carbonyl (C=O) groups is 6. The minimum absolute atomic E-state index is 0.0107. The third-order valence-electron chi connectivity index (χ3n) is 5.80. The number of hydrazine groups is 1. The van der Waals surface area contributed by atoms with Crippen LogP contribution >= 0.6 is 0 Å². The molecule has 0 aliphatic carbocycles. The molecule has 2 aliphatic rings. The summed E-state index contributed by atoms with van der Waals surface area (Å²) < 4.78 is 9.72. The highest BCUT2D eigenvalue weighted by molar-refractivity contribution is 5.99. The van der Waals surface area contributed by atoms with Crippen molar-refractivity contribution in [2.24, 2.45) is 0 Å². The second-order valence-electron chi connectivity index (χ2n) is 8.51. The molecular formula is C25H30N4O8. The number of amides is 4. The zero-order valence-corrected chi connectivity index (χ0v) is 20.7. The maximum atomic E-state index is 13.5. The highest BCUT2D eigenvalue weighted by Crippen LogP contribution is 2.25. The van der Waals surface area contributed by atoms with Crippen LogP contribution in [0.25, 0.3) is 0 Å². The van der Waals surface area contributed by atoms with E-state index in [1.165, 1.54) is 5.01 Å². The highest BCUT2D eigenvalue weighted by atomic mass is 16.5. The second kappa shape index (κ2) is 12.7. The topological polar surface area (TPSA) is 151 Å². The molecule has 2 heterocycles. The summed E-state index contributed by atoms with van der Waals surface area (Å²) in [5.41, 5.74) is 0.313. The molecule has 37 heavy (non-hydrogen) atoms. The smallest absolute Gasteiger partial charge is 0.311 e. The van der Waals surface area contributed by atoms with Crippen LogP contribution in [0.2, 0.25) is 0 Å². The number of hydrogen-bond donors (Lipinski definition) is 2. The van der Waals surface area contributed by atoms with Gasteiger partial charge in [0.2, 0.25) is 11.8 Å². The summed E-state index contributed by atoms with van der Waals surface area (Å²) in [5, 5.41) is 7.54. The third-order valence-corrected chi connectivity index (χ3v) is 5.80. The highest BCUT2D eigenvalue weighted by Gasteiger charge is 2.44. The minimum atomic E-state index is -1.10. The van der Waals surface area contributed by atoms with Crippen molar-refractivity contribution in [3.05, 3.63) is 47.9 Å². The molecule has 3 rings (SSSR count). The molecule has 2 atom stereocenters. The van der Waals surface area contributed by atoms with Crippen LogP contribution in [0.5, 0.6) is 0 Å². The lowest BCUT2D eigenvalue weighted by Crippen LogP contribution is -2.63. The fraction of sp³-hybridized carbons (Fsp3) is 0.440. The Morgan fingerprint density at radius 3 is 2.51 bits per heavy atom. The molecule has 0 bridgehead atoms. The van der Waals surface area contributed by atoms with E-state index in [-0.39, 0.29) is 50.4 Å². The maximum absolute atomic E-state index is 13.5. The molecule has 2 saturated heterocycles. The van der Waals surface area contributed by atoms with Gasteiger partial charge in [-0.15, -0.1) is 0 Å². The Kier molecular flexibility index (Phi) is 9.36. The Balaban J connectivity index is 1.81. The molecular weight excluding hydrogens is 484 g/mol. The number of rotatable bonds is 8. The molecule has 0 spiro atoms. The summed E-state index contributed by atoms with van der Waals surface area (Å²) in [5.74, 6) is -3.40. The zero-order valence-electron chi connectivity index (χ0n) is 20.7. The summed E-state index contributed by atoms with van der Waals surface area (Å²) in [4.78, 5) is 75.6. The standard InChI is InChI=1S/C25H30N4O8/c1-3-36-22(32)14-18(15-37-16(2)30)26-24(34)20-10-7-13-28-21(31)12-11-19(25(35)29(20)28)27-23(33)17-8-5-4-6-9-17/h4-6,8-9,15,19-20H,3,7,10-14H2,1-2H3,(H,26,34)(H,27,33)/b18-15-/t19-,20-/m0/s1. The monoisotopic (exact) mass is 514 g/mol. The largest absolute Gasteiger partial charge is 0.466 e. The van der Waals surface area contributed by atoms with Crippen LogP contribution in [-0.2, 0) is 33.4 Å². The lowest BCUT2D eigenvalue weighted by molar-refractivity contribution is -0.175. The number of nitrogens with one attached hydrogen (secondary N) is 2. The number of benzene rings is 1. The number of nitrogens with zero attached hydrogens (tertiary/aromatic N) is 2. The number of hydrogen-bond acceptors (Lipinski definition) is 8. The van der Waals surface area contributed by atoms with E-state index in [1.807, 2.05) is 0 Å². The fourth-order valence-electron chi connectivity index (χ4n) is 4.12. The van der Waals surface area contributed by atoms with Crippen molar-refractivity contribution in [2.75, 3.05) is 13.2 Å². The molecule has 2 aliphatic heterocycles. The first kappa shape index (κ1) is 27.4. The lowest BCUT2D eigenvalue weighted by atomic mass is 10.1. The van der Waals surface area contributed by atoms with E-state index in [1.54, 1.807) is 37.3 Å². The summed E-state index contributed by atoms with van der Waals surface area (Å²) >= 11 is 0. The minimum Gasteiger partial charge on any atom is -0.466 e. The summed E-state index contributed by atoms with van der Waals surface area (Å²) in [6.07, 6.45) is 1.34. The molecule has 12 heteroatoms. The molecule has 1 aromatic rings. The van der Waals surface area contributed by atoms with E-state index >= 15 is 0 Å². The van der Waals surface area contributed by atoms with E-state index < -0.39 is 41.7 Å². The maximum Gasteiger partial charge on any atom is 0.311 e. The van der Waals surface area contributed by atoms with Gasteiger partial charge in [-0.2, -0.15) is 0 Å². The molecule has 198 valence electrons. The Hall–Kier alpha value is -4.22. The van der Waals surface area contributed by atoms with Crippen molar-refractivity contribution < 1.29 is 38.2 Å². The molecule has 0 unspecified atom stereocenters. The van der Waals surface area contributed by atoms with Gasteiger partial charge in [0.05, 0.1) is 18.7 Å². The Morgan fingerprint density at radius 2 is 1.84 bits per heavy atom. The van der Waals surface area contributed by atoms with E-state index in [0.29, 0.717) is 12.0 Å². The predicted octanol–water partition coefficient (Wildman–Crippen LogP) is 0.787. The molecule has 1 aromatic carbocycles. The van der Waals surface area contributed by atoms with Crippen LogP contribution in [0.1, 0.15) is 56.3 Å². The van der Waals surface area contributed by atoms with Gasteiger partial charge in [0.15, 0.2) is 0 Å². The Morgan fingerprint density at radius 1 is 1.11 bits per heavy atom. The van der Waals surface area contributed by atoms with Crippen molar-refractivity contribution >= 4 is 35.6 Å². The molecule has 0 aromatic heterocycles. The fourth-order valence-corrected chi connectivity index (χ4v) is 4.12. The SMILES string of the molecule is CCOC(=O)C/C(=C/OC(C)=O)NC(=O)[C@@H]1CCCN2C(=O)CC[C@H](NC(=O)c3ccccc3)C(=O)N12. The normalized spacial score (nSPS) is 19.9. The van der Waals surface area contributed by atoms with Gasteiger partial charge in [-0.3, -0.25) is 33.8 Å². The van der Waals surface area contributed by atoms with Gasteiger partial charge in [-0.05, 0) is 38.3 Å².